The highest BCUT2D eigenvalue weighted by Crippen LogP contribution is 2.33. The Balaban J connectivity index is 0.00000100. The van der Waals surface area contributed by atoms with Gasteiger partial charge in [0, 0.05) is 42.3 Å². The molecule has 1 aromatic carbocycles. The molecule has 0 bridgehead atoms. The van der Waals surface area contributed by atoms with Gasteiger partial charge in [-0.1, -0.05) is 0 Å². The molecule has 7 heteroatoms. The summed E-state index contributed by atoms with van der Waals surface area (Å²) in [6.45, 7) is 0.893. The smallest absolute Gasteiger partial charge is 0.277 e. The van der Waals surface area contributed by atoms with Gasteiger partial charge in [-0.05, 0) is 44.0 Å². The van der Waals surface area contributed by atoms with Crippen LogP contribution in [0.2, 0.25) is 0 Å². The SMILES string of the molecule is CN.CN1C=C(c2cc(N)ccc2NCC2CC2)C(=N)C(=N)C1=O. The summed E-state index contributed by atoms with van der Waals surface area (Å²) in [5, 5.41) is 19.3. The quantitative estimate of drug-likeness (QED) is 0.536. The number of carbonyl (C=O) groups excluding carboxylic acids is 1. The first-order chi connectivity index (χ1) is 11.5. The Bertz CT molecular complexity index is 705. The summed E-state index contributed by atoms with van der Waals surface area (Å²) < 4.78 is 0. The van der Waals surface area contributed by atoms with Crippen molar-refractivity contribution in [3.8, 4) is 0 Å². The van der Waals surface area contributed by atoms with Crippen molar-refractivity contribution >= 4 is 34.3 Å². The average molecular weight is 328 g/mol. The summed E-state index contributed by atoms with van der Waals surface area (Å²) in [5.74, 6) is 0.248. The molecule has 0 atom stereocenters. The minimum Gasteiger partial charge on any atom is -0.399 e. The van der Waals surface area contributed by atoms with Crippen molar-refractivity contribution in [3.05, 3.63) is 30.0 Å². The van der Waals surface area contributed by atoms with Crippen LogP contribution in [0, 0.1) is 16.7 Å². The number of rotatable bonds is 4. The van der Waals surface area contributed by atoms with Crippen molar-refractivity contribution in [2.75, 3.05) is 31.7 Å². The maximum atomic E-state index is 11.8. The van der Waals surface area contributed by atoms with Crippen LogP contribution in [0.25, 0.3) is 5.57 Å². The van der Waals surface area contributed by atoms with E-state index in [0.29, 0.717) is 17.2 Å². The van der Waals surface area contributed by atoms with Crippen LogP contribution in [0.15, 0.2) is 24.4 Å². The standard InChI is InChI=1S/C16H19N5O.CH5N/c1-21-8-12(14(18)15(19)16(21)22)11-6-10(17)4-5-13(11)20-7-9-2-3-9;1-2/h4-6,8-9,18-20H,2-3,7,17H2,1H3;2H2,1H3. The van der Waals surface area contributed by atoms with Gasteiger partial charge in [-0.2, -0.15) is 0 Å². The van der Waals surface area contributed by atoms with Crippen LogP contribution in [-0.4, -0.2) is 42.9 Å². The summed E-state index contributed by atoms with van der Waals surface area (Å²) >= 11 is 0. The monoisotopic (exact) mass is 328 g/mol. The zero-order valence-electron chi connectivity index (χ0n) is 14.0. The molecule has 1 aromatic rings. The number of benzene rings is 1. The molecule has 7 N–H and O–H groups in total. The lowest BCUT2D eigenvalue weighted by atomic mass is 9.94. The van der Waals surface area contributed by atoms with Gasteiger partial charge in [0.2, 0.25) is 0 Å². The van der Waals surface area contributed by atoms with Gasteiger partial charge >= 0.3 is 0 Å². The third kappa shape index (κ3) is 3.62. The van der Waals surface area contributed by atoms with Gasteiger partial charge in [-0.15, -0.1) is 0 Å². The molecule has 1 aliphatic carbocycles. The largest absolute Gasteiger partial charge is 0.399 e. The second-order valence-electron chi connectivity index (χ2n) is 5.84. The van der Waals surface area contributed by atoms with Gasteiger partial charge in [-0.3, -0.25) is 15.6 Å². The Morgan fingerprint density at radius 3 is 2.54 bits per heavy atom. The number of hydrogen-bond donors (Lipinski definition) is 5. The fourth-order valence-corrected chi connectivity index (χ4v) is 2.45. The minimum atomic E-state index is -0.467. The van der Waals surface area contributed by atoms with Gasteiger partial charge in [0.25, 0.3) is 5.91 Å². The van der Waals surface area contributed by atoms with Crippen LogP contribution in [0.3, 0.4) is 0 Å². The molecular weight excluding hydrogens is 304 g/mol. The maximum absolute atomic E-state index is 11.8. The number of nitrogens with one attached hydrogen (secondary N) is 3. The van der Waals surface area contributed by atoms with E-state index < -0.39 is 5.91 Å². The number of amides is 1. The lowest BCUT2D eigenvalue weighted by Crippen LogP contribution is -2.38. The van der Waals surface area contributed by atoms with E-state index in [9.17, 15) is 4.79 Å². The fraction of sp³-hybridized carbons (Fsp3) is 0.353. The average Bonchev–Trinajstić information content (AvgIpc) is 3.41. The molecule has 1 aliphatic heterocycles. The molecule has 0 saturated heterocycles. The first-order valence-electron chi connectivity index (χ1n) is 7.85. The summed E-state index contributed by atoms with van der Waals surface area (Å²) in [4.78, 5) is 13.1. The van der Waals surface area contributed by atoms with E-state index in [1.165, 1.54) is 24.8 Å². The lowest BCUT2D eigenvalue weighted by Gasteiger charge is -2.24. The number of nitrogen functional groups attached to an aromatic ring is 1. The molecule has 0 unspecified atom stereocenters. The van der Waals surface area contributed by atoms with Crippen LogP contribution in [0.1, 0.15) is 18.4 Å². The number of nitrogens with zero attached hydrogens (tertiary/aromatic N) is 1. The highest BCUT2D eigenvalue weighted by molar-refractivity contribution is 6.75. The molecular formula is C17H24N6O. The molecule has 1 fully saturated rings. The van der Waals surface area contributed by atoms with E-state index in [2.05, 4.69) is 11.1 Å². The maximum Gasteiger partial charge on any atom is 0.277 e. The number of carbonyl (C=O) groups is 1. The molecule has 2 aliphatic rings. The van der Waals surface area contributed by atoms with Gasteiger partial charge in [0.1, 0.15) is 5.71 Å². The van der Waals surface area contributed by atoms with Crippen molar-refractivity contribution in [2.24, 2.45) is 11.7 Å². The Morgan fingerprint density at radius 1 is 1.25 bits per heavy atom. The second kappa shape index (κ2) is 7.27. The lowest BCUT2D eigenvalue weighted by molar-refractivity contribution is -0.120. The van der Waals surface area contributed by atoms with E-state index in [4.69, 9.17) is 16.6 Å². The zero-order chi connectivity index (χ0) is 17.9. The molecule has 0 radical (unpaired) electrons. The van der Waals surface area contributed by atoms with Crippen molar-refractivity contribution < 1.29 is 4.79 Å². The summed E-state index contributed by atoms with van der Waals surface area (Å²) in [7, 11) is 3.09. The van der Waals surface area contributed by atoms with Gasteiger partial charge in [0.05, 0.1) is 5.71 Å². The first-order valence-corrected chi connectivity index (χ1v) is 7.85. The molecule has 7 nitrogen and oxygen atoms in total. The van der Waals surface area contributed by atoms with Crippen molar-refractivity contribution in [1.82, 2.24) is 4.90 Å². The third-order valence-corrected chi connectivity index (χ3v) is 3.99. The van der Waals surface area contributed by atoms with Crippen LogP contribution in [0.4, 0.5) is 11.4 Å². The fourth-order valence-electron chi connectivity index (χ4n) is 2.45. The van der Waals surface area contributed by atoms with Crippen molar-refractivity contribution in [1.29, 1.82) is 10.8 Å². The Morgan fingerprint density at radius 2 is 1.92 bits per heavy atom. The molecule has 0 aromatic heterocycles. The Labute approximate surface area is 141 Å². The highest BCUT2D eigenvalue weighted by atomic mass is 16.2. The van der Waals surface area contributed by atoms with Crippen LogP contribution >= 0.6 is 0 Å². The van der Waals surface area contributed by atoms with Gasteiger partial charge in [0.15, 0.2) is 0 Å². The minimum absolute atomic E-state index is 0.0665. The van der Waals surface area contributed by atoms with E-state index in [1.807, 2.05) is 12.1 Å². The van der Waals surface area contributed by atoms with E-state index in [1.54, 1.807) is 19.3 Å². The van der Waals surface area contributed by atoms with Crippen molar-refractivity contribution in [3.63, 3.8) is 0 Å². The third-order valence-electron chi connectivity index (χ3n) is 3.99. The number of anilines is 2. The van der Waals surface area contributed by atoms with Crippen LogP contribution in [-0.2, 0) is 4.79 Å². The summed E-state index contributed by atoms with van der Waals surface area (Å²) in [5.41, 5.74) is 12.8. The summed E-state index contributed by atoms with van der Waals surface area (Å²) in [6, 6.07) is 5.49. The molecule has 1 heterocycles. The molecule has 3 rings (SSSR count). The molecule has 1 amide bonds. The van der Waals surface area contributed by atoms with Gasteiger partial charge < -0.3 is 21.7 Å². The van der Waals surface area contributed by atoms with Gasteiger partial charge in [-0.25, -0.2) is 0 Å². The Kier molecular flexibility index (Phi) is 5.35. The predicted molar refractivity (Wildman–Crippen MR) is 98.4 cm³/mol. The molecule has 24 heavy (non-hydrogen) atoms. The second-order valence-corrected chi connectivity index (χ2v) is 5.84. The summed E-state index contributed by atoms with van der Waals surface area (Å²) in [6.07, 6.45) is 4.09. The molecule has 1 saturated carbocycles. The van der Waals surface area contributed by atoms with Crippen LogP contribution < -0.4 is 16.8 Å². The van der Waals surface area contributed by atoms with E-state index >= 15 is 0 Å². The number of allylic oxidation sites excluding steroid dienone is 1. The normalized spacial score (nSPS) is 17.2. The Hall–Kier alpha value is -2.67. The first kappa shape index (κ1) is 17.7. The number of nitrogens with two attached hydrogens (primary N) is 2. The number of hydrogen-bond acceptors (Lipinski definition) is 6. The highest BCUT2D eigenvalue weighted by Gasteiger charge is 2.29. The van der Waals surface area contributed by atoms with Crippen LogP contribution in [0.5, 0.6) is 0 Å². The topological polar surface area (TPSA) is 132 Å². The zero-order valence-corrected chi connectivity index (χ0v) is 14.0. The predicted octanol–water partition coefficient (Wildman–Crippen LogP) is 1.52. The van der Waals surface area contributed by atoms with E-state index in [-0.39, 0.29) is 11.4 Å². The van der Waals surface area contributed by atoms with Crippen molar-refractivity contribution in [2.45, 2.75) is 12.8 Å². The molecule has 0 spiro atoms. The van der Waals surface area contributed by atoms with E-state index in [0.717, 1.165) is 17.8 Å². The molecule has 128 valence electrons.